The van der Waals surface area contributed by atoms with E-state index in [0.29, 0.717) is 5.92 Å². The fraction of sp³-hybridized carbons (Fsp3) is 1.00. The van der Waals surface area contributed by atoms with Gasteiger partial charge in [0.1, 0.15) is 0 Å². The van der Waals surface area contributed by atoms with Crippen molar-refractivity contribution in [1.29, 1.82) is 0 Å². The summed E-state index contributed by atoms with van der Waals surface area (Å²) < 4.78 is 0. The predicted octanol–water partition coefficient (Wildman–Crippen LogP) is 0.138. The third-order valence-electron chi connectivity index (χ3n) is 2.83. The summed E-state index contributed by atoms with van der Waals surface area (Å²) in [4.78, 5) is 0. The van der Waals surface area contributed by atoms with E-state index < -0.39 is 0 Å². The van der Waals surface area contributed by atoms with Gasteiger partial charge in [-0.15, -0.1) is 0 Å². The second kappa shape index (κ2) is 1.70. The Kier molecular flexibility index (Phi) is 1.08. The van der Waals surface area contributed by atoms with Crippen molar-refractivity contribution in [3.63, 3.8) is 0 Å². The number of hydrogen-bond donors (Lipinski definition) is 2. The molecule has 0 aromatic rings. The summed E-state index contributed by atoms with van der Waals surface area (Å²) in [6, 6.07) is 0. The highest BCUT2D eigenvalue weighted by Crippen LogP contribution is 2.44. The van der Waals surface area contributed by atoms with Gasteiger partial charge in [0.05, 0.1) is 12.2 Å². The van der Waals surface area contributed by atoms with Gasteiger partial charge in [0.25, 0.3) is 0 Å². The van der Waals surface area contributed by atoms with Crippen molar-refractivity contribution in [1.82, 2.24) is 0 Å². The Morgan fingerprint density at radius 2 is 1.89 bits per heavy atom. The van der Waals surface area contributed by atoms with Gasteiger partial charge >= 0.3 is 0 Å². The van der Waals surface area contributed by atoms with Crippen LogP contribution in [0, 0.1) is 11.8 Å². The van der Waals surface area contributed by atoms with Gasteiger partial charge in [0.2, 0.25) is 0 Å². The Morgan fingerprint density at radius 3 is 2.11 bits per heavy atom. The lowest BCUT2D eigenvalue weighted by Gasteiger charge is -2.13. The maximum absolute atomic E-state index is 9.34. The summed E-state index contributed by atoms with van der Waals surface area (Å²) in [7, 11) is 0. The largest absolute Gasteiger partial charge is 0.393 e. The Hall–Kier alpha value is -0.0800. The fourth-order valence-corrected chi connectivity index (χ4v) is 2.26. The normalized spacial score (nSPS) is 56.7. The molecular weight excluding hydrogens is 116 g/mol. The summed E-state index contributed by atoms with van der Waals surface area (Å²) in [5.74, 6) is 0.639. The lowest BCUT2D eigenvalue weighted by atomic mass is 9.98. The summed E-state index contributed by atoms with van der Waals surface area (Å²) >= 11 is 0. The summed E-state index contributed by atoms with van der Waals surface area (Å²) in [6.07, 6.45) is 2.63. The average Bonchev–Trinajstić information content (AvgIpc) is 2.25. The molecule has 0 spiro atoms. The second-order valence-corrected chi connectivity index (χ2v) is 3.29. The van der Waals surface area contributed by atoms with E-state index in [9.17, 15) is 10.2 Å². The first-order valence-electron chi connectivity index (χ1n) is 3.65. The Bertz CT molecular complexity index is 124. The van der Waals surface area contributed by atoms with Crippen molar-refractivity contribution in [2.45, 2.75) is 31.5 Å². The molecular formula is C7H12O2. The molecule has 4 atom stereocenters. The fourth-order valence-electron chi connectivity index (χ4n) is 2.26. The molecule has 0 heterocycles. The molecule has 2 N–H and O–H groups in total. The number of aliphatic hydroxyl groups excluding tert-OH is 2. The highest BCUT2D eigenvalue weighted by atomic mass is 16.3. The van der Waals surface area contributed by atoms with Crippen molar-refractivity contribution >= 4 is 0 Å². The van der Waals surface area contributed by atoms with Gasteiger partial charge in [0, 0.05) is 5.92 Å². The van der Waals surface area contributed by atoms with E-state index in [1.54, 1.807) is 0 Å². The average molecular weight is 128 g/mol. The van der Waals surface area contributed by atoms with Crippen LogP contribution in [0.1, 0.15) is 19.3 Å². The maximum atomic E-state index is 9.34. The molecule has 0 aliphatic heterocycles. The van der Waals surface area contributed by atoms with Gasteiger partial charge in [-0.05, 0) is 25.2 Å². The highest BCUT2D eigenvalue weighted by molar-refractivity contribution is 4.96. The van der Waals surface area contributed by atoms with E-state index in [1.165, 1.54) is 0 Å². The number of fused-ring (bicyclic) bond motifs is 2. The van der Waals surface area contributed by atoms with E-state index in [1.807, 2.05) is 0 Å². The molecule has 0 aromatic heterocycles. The molecule has 0 radical (unpaired) electrons. The van der Waals surface area contributed by atoms with Crippen LogP contribution in [0.4, 0.5) is 0 Å². The van der Waals surface area contributed by atoms with Crippen molar-refractivity contribution in [2.24, 2.45) is 11.8 Å². The van der Waals surface area contributed by atoms with Gasteiger partial charge < -0.3 is 10.2 Å². The van der Waals surface area contributed by atoms with Gasteiger partial charge in [-0.1, -0.05) is 0 Å². The van der Waals surface area contributed by atoms with Crippen LogP contribution in [0.5, 0.6) is 0 Å². The number of aliphatic hydroxyl groups is 2. The molecule has 2 unspecified atom stereocenters. The zero-order chi connectivity index (χ0) is 6.43. The second-order valence-electron chi connectivity index (χ2n) is 3.29. The summed E-state index contributed by atoms with van der Waals surface area (Å²) in [5, 5.41) is 18.6. The monoisotopic (exact) mass is 128 g/mol. The first-order valence-corrected chi connectivity index (χ1v) is 3.65. The number of rotatable bonds is 0. The van der Waals surface area contributed by atoms with Gasteiger partial charge in [-0.2, -0.15) is 0 Å². The van der Waals surface area contributed by atoms with Crippen LogP contribution in [0.15, 0.2) is 0 Å². The van der Waals surface area contributed by atoms with Crippen LogP contribution in [0.2, 0.25) is 0 Å². The minimum atomic E-state index is -0.196. The Balaban J connectivity index is 2.16. The molecule has 2 nitrogen and oxygen atoms in total. The molecule has 2 aliphatic carbocycles. The maximum Gasteiger partial charge on any atom is 0.0622 e. The van der Waals surface area contributed by atoms with Crippen LogP contribution in [0.25, 0.3) is 0 Å². The third-order valence-corrected chi connectivity index (χ3v) is 2.83. The molecule has 0 aromatic carbocycles. The third kappa shape index (κ3) is 0.634. The standard InChI is InChI=1S/C7H12O2/c8-6-3-4-1-2-5(6)7(4)9/h4-9H,1-3H2/t4?,5?,6-,7-/m0/s1. The number of hydrogen-bond acceptors (Lipinski definition) is 2. The lowest BCUT2D eigenvalue weighted by Crippen LogP contribution is -2.19. The Morgan fingerprint density at radius 1 is 1.11 bits per heavy atom. The van der Waals surface area contributed by atoms with Crippen LogP contribution in [-0.4, -0.2) is 22.4 Å². The highest BCUT2D eigenvalue weighted by Gasteiger charge is 2.46. The molecule has 2 fully saturated rings. The molecule has 2 bridgehead atoms. The summed E-state index contributed by atoms with van der Waals surface area (Å²) in [6.45, 7) is 0. The molecule has 0 saturated heterocycles. The topological polar surface area (TPSA) is 40.5 Å². The van der Waals surface area contributed by atoms with Crippen molar-refractivity contribution in [3.05, 3.63) is 0 Å². The molecule has 2 saturated carbocycles. The zero-order valence-electron chi connectivity index (χ0n) is 5.33. The van der Waals surface area contributed by atoms with Crippen molar-refractivity contribution < 1.29 is 10.2 Å². The molecule has 0 amide bonds. The van der Waals surface area contributed by atoms with E-state index in [0.717, 1.165) is 19.3 Å². The van der Waals surface area contributed by atoms with Crippen molar-refractivity contribution in [3.8, 4) is 0 Å². The quantitative estimate of drug-likeness (QED) is 0.487. The van der Waals surface area contributed by atoms with Crippen LogP contribution in [-0.2, 0) is 0 Å². The minimum absolute atomic E-state index is 0.181. The van der Waals surface area contributed by atoms with E-state index in [4.69, 9.17) is 0 Å². The summed E-state index contributed by atoms with van der Waals surface area (Å²) in [5.41, 5.74) is 0. The van der Waals surface area contributed by atoms with Gasteiger partial charge in [0.15, 0.2) is 0 Å². The molecule has 52 valence electrons. The first-order chi connectivity index (χ1) is 4.29. The van der Waals surface area contributed by atoms with Crippen LogP contribution in [0.3, 0.4) is 0 Å². The predicted molar refractivity (Wildman–Crippen MR) is 32.8 cm³/mol. The van der Waals surface area contributed by atoms with Gasteiger partial charge in [-0.25, -0.2) is 0 Å². The first kappa shape index (κ1) is 5.69. The van der Waals surface area contributed by atoms with E-state index in [2.05, 4.69) is 0 Å². The van der Waals surface area contributed by atoms with E-state index >= 15 is 0 Å². The minimum Gasteiger partial charge on any atom is -0.393 e. The van der Waals surface area contributed by atoms with Gasteiger partial charge in [-0.3, -0.25) is 0 Å². The molecule has 2 aliphatic rings. The van der Waals surface area contributed by atoms with E-state index in [-0.39, 0.29) is 18.1 Å². The van der Waals surface area contributed by atoms with Crippen LogP contribution >= 0.6 is 0 Å². The van der Waals surface area contributed by atoms with Crippen molar-refractivity contribution in [2.75, 3.05) is 0 Å². The Labute approximate surface area is 54.5 Å². The smallest absolute Gasteiger partial charge is 0.0622 e. The zero-order valence-corrected chi connectivity index (χ0v) is 5.33. The lowest BCUT2D eigenvalue weighted by molar-refractivity contribution is 0.0738. The molecule has 9 heavy (non-hydrogen) atoms. The van der Waals surface area contributed by atoms with Crippen LogP contribution < -0.4 is 0 Å². The molecule has 2 rings (SSSR count). The molecule has 2 heteroatoms. The SMILES string of the molecule is O[C@H]1C2CCC1[C@@H](O)C2.